The lowest BCUT2D eigenvalue weighted by atomic mass is 9.85. The fourth-order valence-electron chi connectivity index (χ4n) is 2.01. The summed E-state index contributed by atoms with van der Waals surface area (Å²) in [4.78, 5) is 22.9. The van der Waals surface area contributed by atoms with Gasteiger partial charge in [-0.3, -0.25) is 4.79 Å². The Morgan fingerprint density at radius 2 is 2.22 bits per heavy atom. The molecule has 3 N–H and O–H groups in total. The molecule has 2 amide bonds. The molecule has 1 aliphatic heterocycles. The number of hydrogen-bond acceptors (Lipinski definition) is 3. The maximum absolute atomic E-state index is 11.7. The Kier molecular flexibility index (Phi) is 4.95. The van der Waals surface area contributed by atoms with Crippen LogP contribution in [0.15, 0.2) is 0 Å². The monoisotopic (exact) mass is 258 g/mol. The predicted molar refractivity (Wildman–Crippen MR) is 66.4 cm³/mol. The molecule has 0 aromatic heterocycles. The standard InChI is InChI=1S/C12H22N2O4/c1-4-5-8(2)13-11(17)14-9-6-18-7-12(9,3)10(15)16/h8-9H,4-7H2,1-3H3,(H,15,16)(H2,13,14,17). The number of rotatable bonds is 5. The van der Waals surface area contributed by atoms with Gasteiger partial charge in [0, 0.05) is 6.04 Å². The molecule has 0 aromatic rings. The Bertz CT molecular complexity index is 321. The Balaban J connectivity index is 2.51. The van der Waals surface area contributed by atoms with Gasteiger partial charge in [0.25, 0.3) is 0 Å². The van der Waals surface area contributed by atoms with Gasteiger partial charge in [0.1, 0.15) is 5.41 Å². The number of carboxylic acid groups (broad SMARTS) is 1. The van der Waals surface area contributed by atoms with E-state index in [0.717, 1.165) is 12.8 Å². The molecule has 0 saturated carbocycles. The fourth-order valence-corrected chi connectivity index (χ4v) is 2.01. The SMILES string of the molecule is CCCC(C)NC(=O)NC1COCC1(C)C(=O)O. The van der Waals surface area contributed by atoms with Gasteiger partial charge in [-0.2, -0.15) is 0 Å². The van der Waals surface area contributed by atoms with Crippen molar-refractivity contribution in [2.24, 2.45) is 5.41 Å². The third-order valence-electron chi connectivity index (χ3n) is 3.35. The molecular weight excluding hydrogens is 236 g/mol. The molecule has 18 heavy (non-hydrogen) atoms. The summed E-state index contributed by atoms with van der Waals surface area (Å²) < 4.78 is 5.16. The van der Waals surface area contributed by atoms with Crippen molar-refractivity contribution in [3.05, 3.63) is 0 Å². The lowest BCUT2D eigenvalue weighted by Gasteiger charge is -2.26. The van der Waals surface area contributed by atoms with E-state index in [9.17, 15) is 14.7 Å². The van der Waals surface area contributed by atoms with Crippen LogP contribution in [0.1, 0.15) is 33.6 Å². The minimum atomic E-state index is -1.05. The molecule has 0 radical (unpaired) electrons. The van der Waals surface area contributed by atoms with Crippen LogP contribution in [0.4, 0.5) is 4.79 Å². The fraction of sp³-hybridized carbons (Fsp3) is 0.833. The van der Waals surface area contributed by atoms with Gasteiger partial charge < -0.3 is 20.5 Å². The molecule has 0 aromatic carbocycles. The molecule has 104 valence electrons. The molecule has 1 saturated heterocycles. The number of hydrogen-bond donors (Lipinski definition) is 3. The van der Waals surface area contributed by atoms with E-state index >= 15 is 0 Å². The summed E-state index contributed by atoms with van der Waals surface area (Å²) in [5.41, 5.74) is -1.05. The summed E-state index contributed by atoms with van der Waals surface area (Å²) in [6, 6.07) is -0.754. The van der Waals surface area contributed by atoms with Gasteiger partial charge >= 0.3 is 12.0 Å². The van der Waals surface area contributed by atoms with Crippen LogP contribution < -0.4 is 10.6 Å². The summed E-state index contributed by atoms with van der Waals surface area (Å²) in [5.74, 6) is -0.952. The van der Waals surface area contributed by atoms with Crippen LogP contribution in [0.3, 0.4) is 0 Å². The summed E-state index contributed by atoms with van der Waals surface area (Å²) in [6.45, 7) is 5.91. The zero-order valence-electron chi connectivity index (χ0n) is 11.2. The van der Waals surface area contributed by atoms with Gasteiger partial charge in [-0.25, -0.2) is 4.79 Å². The predicted octanol–water partition coefficient (Wildman–Crippen LogP) is 0.964. The van der Waals surface area contributed by atoms with Gasteiger partial charge in [0.15, 0.2) is 0 Å². The van der Waals surface area contributed by atoms with E-state index in [1.54, 1.807) is 6.92 Å². The Labute approximate surface area is 107 Å². The van der Waals surface area contributed by atoms with Gasteiger partial charge in [-0.1, -0.05) is 13.3 Å². The molecule has 0 bridgehead atoms. The number of carbonyl (C=O) groups is 2. The summed E-state index contributed by atoms with van der Waals surface area (Å²) in [6.07, 6.45) is 1.88. The van der Waals surface area contributed by atoms with Crippen LogP contribution in [0.25, 0.3) is 0 Å². The number of ether oxygens (including phenoxy) is 1. The first-order valence-corrected chi connectivity index (χ1v) is 6.28. The summed E-state index contributed by atoms with van der Waals surface area (Å²) >= 11 is 0. The third-order valence-corrected chi connectivity index (χ3v) is 3.35. The number of nitrogens with one attached hydrogen (secondary N) is 2. The highest BCUT2D eigenvalue weighted by molar-refractivity contribution is 5.79. The van der Waals surface area contributed by atoms with Crippen molar-refractivity contribution >= 4 is 12.0 Å². The van der Waals surface area contributed by atoms with Crippen LogP contribution in [0.2, 0.25) is 0 Å². The van der Waals surface area contributed by atoms with Crippen molar-refractivity contribution in [3.63, 3.8) is 0 Å². The largest absolute Gasteiger partial charge is 0.481 e. The first-order valence-electron chi connectivity index (χ1n) is 6.28. The second-order valence-electron chi connectivity index (χ2n) is 5.10. The molecule has 1 fully saturated rings. The molecule has 3 atom stereocenters. The van der Waals surface area contributed by atoms with E-state index in [-0.39, 0.29) is 25.3 Å². The van der Waals surface area contributed by atoms with Crippen LogP contribution in [-0.2, 0) is 9.53 Å². The van der Waals surface area contributed by atoms with Gasteiger partial charge in [-0.05, 0) is 20.3 Å². The van der Waals surface area contributed by atoms with E-state index in [2.05, 4.69) is 10.6 Å². The van der Waals surface area contributed by atoms with Crippen molar-refractivity contribution < 1.29 is 19.4 Å². The summed E-state index contributed by atoms with van der Waals surface area (Å²) in [5, 5.41) is 14.6. The van der Waals surface area contributed by atoms with Crippen molar-refractivity contribution in [1.29, 1.82) is 0 Å². The number of carbonyl (C=O) groups excluding carboxylic acids is 1. The number of urea groups is 1. The van der Waals surface area contributed by atoms with Crippen LogP contribution >= 0.6 is 0 Å². The van der Waals surface area contributed by atoms with Crippen molar-refractivity contribution in [3.8, 4) is 0 Å². The molecule has 1 aliphatic rings. The van der Waals surface area contributed by atoms with Crippen molar-refractivity contribution in [2.45, 2.75) is 45.7 Å². The molecule has 1 rings (SSSR count). The average Bonchev–Trinajstić information content (AvgIpc) is 2.61. The van der Waals surface area contributed by atoms with E-state index in [1.807, 2.05) is 13.8 Å². The molecule has 3 unspecified atom stereocenters. The maximum Gasteiger partial charge on any atom is 0.315 e. The third kappa shape index (κ3) is 3.35. The average molecular weight is 258 g/mol. The van der Waals surface area contributed by atoms with Gasteiger partial charge in [0.2, 0.25) is 0 Å². The highest BCUT2D eigenvalue weighted by Crippen LogP contribution is 2.28. The highest BCUT2D eigenvalue weighted by atomic mass is 16.5. The Morgan fingerprint density at radius 1 is 1.56 bits per heavy atom. The maximum atomic E-state index is 11.7. The van der Waals surface area contributed by atoms with Crippen LogP contribution in [0, 0.1) is 5.41 Å². The van der Waals surface area contributed by atoms with Gasteiger partial charge in [-0.15, -0.1) is 0 Å². The van der Waals surface area contributed by atoms with E-state index in [0.29, 0.717) is 0 Å². The number of amides is 2. The number of aliphatic carboxylic acids is 1. The highest BCUT2D eigenvalue weighted by Gasteiger charge is 2.47. The Hall–Kier alpha value is -1.30. The zero-order valence-corrected chi connectivity index (χ0v) is 11.2. The first-order chi connectivity index (χ1) is 8.40. The zero-order chi connectivity index (χ0) is 13.8. The Morgan fingerprint density at radius 3 is 2.78 bits per heavy atom. The van der Waals surface area contributed by atoms with Crippen molar-refractivity contribution in [1.82, 2.24) is 10.6 Å². The first kappa shape index (κ1) is 14.8. The molecule has 6 nitrogen and oxygen atoms in total. The minimum Gasteiger partial charge on any atom is -0.481 e. The molecule has 0 spiro atoms. The van der Waals surface area contributed by atoms with Crippen LogP contribution in [0.5, 0.6) is 0 Å². The smallest absolute Gasteiger partial charge is 0.315 e. The summed E-state index contributed by atoms with van der Waals surface area (Å²) in [7, 11) is 0. The number of carboxylic acids is 1. The quantitative estimate of drug-likeness (QED) is 0.685. The van der Waals surface area contributed by atoms with Crippen molar-refractivity contribution in [2.75, 3.05) is 13.2 Å². The lowest BCUT2D eigenvalue weighted by molar-refractivity contribution is -0.148. The topological polar surface area (TPSA) is 87.7 Å². The molecule has 6 heteroatoms. The van der Waals surface area contributed by atoms with E-state index < -0.39 is 17.4 Å². The van der Waals surface area contributed by atoms with E-state index in [4.69, 9.17) is 4.74 Å². The molecule has 1 heterocycles. The normalized spacial score (nSPS) is 28.7. The second-order valence-corrected chi connectivity index (χ2v) is 5.10. The lowest BCUT2D eigenvalue weighted by Crippen LogP contribution is -2.53. The molecule has 0 aliphatic carbocycles. The van der Waals surface area contributed by atoms with Gasteiger partial charge in [0.05, 0.1) is 19.3 Å². The molecular formula is C12H22N2O4. The minimum absolute atomic E-state index is 0.0772. The second kappa shape index (κ2) is 6.04. The van der Waals surface area contributed by atoms with Crippen LogP contribution in [-0.4, -0.2) is 42.4 Å². The van der Waals surface area contributed by atoms with E-state index in [1.165, 1.54) is 0 Å².